The van der Waals surface area contributed by atoms with Gasteiger partial charge in [-0.05, 0) is 59.0 Å². The Kier molecular flexibility index (Phi) is 8.43. The molecule has 1 aliphatic heterocycles. The highest BCUT2D eigenvalue weighted by Crippen LogP contribution is 2.26. The molecule has 1 rings (SSSR count). The second-order valence-electron chi connectivity index (χ2n) is 6.70. The van der Waals surface area contributed by atoms with Crippen molar-refractivity contribution in [1.29, 1.82) is 0 Å². The van der Waals surface area contributed by atoms with E-state index >= 15 is 0 Å². The van der Waals surface area contributed by atoms with E-state index in [0.717, 1.165) is 12.8 Å². The van der Waals surface area contributed by atoms with Crippen LogP contribution in [0.3, 0.4) is 0 Å². The van der Waals surface area contributed by atoms with Gasteiger partial charge in [-0.15, -0.1) is 6.58 Å². The summed E-state index contributed by atoms with van der Waals surface area (Å²) in [6.07, 6.45) is 13.5. The van der Waals surface area contributed by atoms with Crippen LogP contribution in [0.5, 0.6) is 0 Å². The molecular formula is C17H35N3. The number of nitrogens with one attached hydrogen (secondary N) is 1. The second kappa shape index (κ2) is 9.54. The zero-order chi connectivity index (χ0) is 14.8. The quantitative estimate of drug-likeness (QED) is 0.294. The van der Waals surface area contributed by atoms with Gasteiger partial charge in [0.15, 0.2) is 0 Å². The number of allylic oxidation sites excluding steroid dienone is 1. The molecule has 1 fully saturated rings. The van der Waals surface area contributed by atoms with Crippen LogP contribution in [0.25, 0.3) is 0 Å². The summed E-state index contributed by atoms with van der Waals surface area (Å²) in [4.78, 5) is 2.65. The molecular weight excluding hydrogens is 246 g/mol. The van der Waals surface area contributed by atoms with Gasteiger partial charge >= 0.3 is 0 Å². The van der Waals surface area contributed by atoms with Gasteiger partial charge in [-0.2, -0.15) is 0 Å². The van der Waals surface area contributed by atoms with E-state index in [1.165, 1.54) is 58.0 Å². The first kappa shape index (κ1) is 17.7. The van der Waals surface area contributed by atoms with Crippen molar-refractivity contribution < 1.29 is 0 Å². The van der Waals surface area contributed by atoms with Gasteiger partial charge in [-0.3, -0.25) is 16.2 Å². The summed E-state index contributed by atoms with van der Waals surface area (Å²) in [6.45, 7) is 10.9. The molecule has 0 spiro atoms. The molecule has 0 saturated carbocycles. The van der Waals surface area contributed by atoms with Crippen LogP contribution in [-0.4, -0.2) is 29.6 Å². The van der Waals surface area contributed by atoms with Crippen molar-refractivity contribution in [2.45, 2.75) is 83.2 Å². The van der Waals surface area contributed by atoms with Gasteiger partial charge in [-0.1, -0.05) is 31.8 Å². The molecule has 20 heavy (non-hydrogen) atoms. The molecule has 0 aromatic heterocycles. The van der Waals surface area contributed by atoms with Crippen molar-refractivity contribution in [1.82, 2.24) is 10.3 Å². The van der Waals surface area contributed by atoms with Crippen molar-refractivity contribution in [3.63, 3.8) is 0 Å². The molecule has 0 radical (unpaired) electrons. The van der Waals surface area contributed by atoms with Gasteiger partial charge in [0.2, 0.25) is 0 Å². The Labute approximate surface area is 126 Å². The molecule has 1 heterocycles. The maximum Gasteiger partial charge on any atom is 0.0389 e. The minimum atomic E-state index is 0.150. The standard InChI is InChI=1S/C17H35N3/c1-4-5-6-7-10-13-16(19-18)17(2,3)20-14-11-8-9-12-15-20/h4,16,19H,1,5-15,18H2,2-3H3. The lowest BCUT2D eigenvalue weighted by Crippen LogP contribution is -2.59. The van der Waals surface area contributed by atoms with Crippen molar-refractivity contribution >= 4 is 0 Å². The lowest BCUT2D eigenvalue weighted by atomic mass is 9.88. The van der Waals surface area contributed by atoms with Crippen LogP contribution in [-0.2, 0) is 0 Å². The lowest BCUT2D eigenvalue weighted by Gasteiger charge is -2.43. The highest BCUT2D eigenvalue weighted by Gasteiger charge is 2.34. The fraction of sp³-hybridized carbons (Fsp3) is 0.882. The third kappa shape index (κ3) is 5.55. The third-order valence-corrected chi connectivity index (χ3v) is 4.88. The fourth-order valence-corrected chi connectivity index (χ4v) is 3.32. The predicted octanol–water partition coefficient (Wildman–Crippen LogP) is 3.61. The zero-order valence-electron chi connectivity index (χ0n) is 13.7. The minimum Gasteiger partial charge on any atom is -0.297 e. The summed E-state index contributed by atoms with van der Waals surface area (Å²) in [5.41, 5.74) is 3.24. The summed E-state index contributed by atoms with van der Waals surface area (Å²) in [5, 5.41) is 0. The van der Waals surface area contributed by atoms with Crippen LogP contribution in [0.1, 0.15) is 71.6 Å². The topological polar surface area (TPSA) is 41.3 Å². The number of rotatable bonds is 9. The van der Waals surface area contributed by atoms with E-state index in [9.17, 15) is 0 Å². The van der Waals surface area contributed by atoms with Crippen molar-refractivity contribution in [2.75, 3.05) is 13.1 Å². The third-order valence-electron chi connectivity index (χ3n) is 4.88. The predicted molar refractivity (Wildman–Crippen MR) is 88.5 cm³/mol. The normalized spacial score (nSPS) is 19.6. The molecule has 118 valence electrons. The molecule has 1 atom stereocenters. The number of unbranched alkanes of at least 4 members (excludes halogenated alkanes) is 3. The average Bonchev–Trinajstić information content (AvgIpc) is 2.72. The van der Waals surface area contributed by atoms with Gasteiger partial charge in [0.05, 0.1) is 0 Å². The Balaban J connectivity index is 2.45. The lowest BCUT2D eigenvalue weighted by molar-refractivity contribution is 0.0789. The first-order valence-electron chi connectivity index (χ1n) is 8.45. The van der Waals surface area contributed by atoms with E-state index in [0.29, 0.717) is 6.04 Å². The number of nitrogens with two attached hydrogens (primary N) is 1. The maximum absolute atomic E-state index is 5.85. The minimum absolute atomic E-state index is 0.150. The summed E-state index contributed by atoms with van der Waals surface area (Å²) in [7, 11) is 0. The molecule has 0 aromatic carbocycles. The van der Waals surface area contributed by atoms with Crippen molar-refractivity contribution in [3.8, 4) is 0 Å². The van der Waals surface area contributed by atoms with Crippen LogP contribution < -0.4 is 11.3 Å². The molecule has 0 bridgehead atoms. The van der Waals surface area contributed by atoms with E-state index in [-0.39, 0.29) is 5.54 Å². The number of nitrogens with zero attached hydrogens (tertiary/aromatic N) is 1. The Morgan fingerprint density at radius 3 is 2.35 bits per heavy atom. The largest absolute Gasteiger partial charge is 0.297 e. The highest BCUT2D eigenvalue weighted by atomic mass is 15.3. The molecule has 1 saturated heterocycles. The molecule has 1 unspecified atom stereocenters. The maximum atomic E-state index is 5.85. The van der Waals surface area contributed by atoms with Gasteiger partial charge in [0.25, 0.3) is 0 Å². The molecule has 0 amide bonds. The molecule has 0 aliphatic carbocycles. The van der Waals surface area contributed by atoms with Gasteiger partial charge < -0.3 is 0 Å². The summed E-state index contributed by atoms with van der Waals surface area (Å²) in [6, 6.07) is 0.379. The van der Waals surface area contributed by atoms with Crippen LogP contribution in [0, 0.1) is 0 Å². The van der Waals surface area contributed by atoms with E-state index in [2.05, 4.69) is 30.8 Å². The van der Waals surface area contributed by atoms with Crippen LogP contribution in [0.2, 0.25) is 0 Å². The van der Waals surface area contributed by atoms with Crippen LogP contribution in [0.4, 0.5) is 0 Å². The smallest absolute Gasteiger partial charge is 0.0389 e. The van der Waals surface area contributed by atoms with Crippen LogP contribution in [0.15, 0.2) is 12.7 Å². The summed E-state index contributed by atoms with van der Waals surface area (Å²) < 4.78 is 0. The van der Waals surface area contributed by atoms with E-state index < -0.39 is 0 Å². The molecule has 1 aliphatic rings. The van der Waals surface area contributed by atoms with Crippen molar-refractivity contribution in [2.24, 2.45) is 5.84 Å². The monoisotopic (exact) mass is 281 g/mol. The Morgan fingerprint density at radius 1 is 1.15 bits per heavy atom. The highest BCUT2D eigenvalue weighted by molar-refractivity contribution is 4.93. The molecule has 0 aromatic rings. The van der Waals surface area contributed by atoms with Gasteiger partial charge in [-0.25, -0.2) is 0 Å². The fourth-order valence-electron chi connectivity index (χ4n) is 3.32. The number of hydrogen-bond donors (Lipinski definition) is 2. The Hall–Kier alpha value is -0.380. The van der Waals surface area contributed by atoms with Gasteiger partial charge in [0, 0.05) is 11.6 Å². The molecule has 3 N–H and O–H groups in total. The average molecular weight is 281 g/mol. The number of hydrazine groups is 1. The van der Waals surface area contributed by atoms with Gasteiger partial charge in [0.1, 0.15) is 0 Å². The Bertz CT molecular complexity index is 255. The first-order chi connectivity index (χ1) is 9.62. The van der Waals surface area contributed by atoms with Crippen LogP contribution >= 0.6 is 0 Å². The van der Waals surface area contributed by atoms with E-state index in [1.807, 2.05) is 6.08 Å². The SMILES string of the molecule is C=CCCCCCC(NN)C(C)(C)N1CCCCCC1. The van der Waals surface area contributed by atoms with Crippen molar-refractivity contribution in [3.05, 3.63) is 12.7 Å². The second-order valence-corrected chi connectivity index (χ2v) is 6.70. The number of hydrogen-bond acceptors (Lipinski definition) is 3. The molecule has 3 heteroatoms. The first-order valence-corrected chi connectivity index (χ1v) is 8.45. The number of likely N-dealkylation sites (tertiary alicyclic amines) is 1. The Morgan fingerprint density at radius 2 is 1.80 bits per heavy atom. The summed E-state index contributed by atoms with van der Waals surface area (Å²) >= 11 is 0. The van der Waals surface area contributed by atoms with E-state index in [4.69, 9.17) is 5.84 Å². The summed E-state index contributed by atoms with van der Waals surface area (Å²) in [5.74, 6) is 5.85. The van der Waals surface area contributed by atoms with E-state index in [1.54, 1.807) is 0 Å². The zero-order valence-corrected chi connectivity index (χ0v) is 13.7. The molecule has 3 nitrogen and oxygen atoms in total.